The molecule has 0 bridgehead atoms. The summed E-state index contributed by atoms with van der Waals surface area (Å²) in [4.78, 5) is 34.2. The maximum absolute atomic E-state index is 12.0. The van der Waals surface area contributed by atoms with Gasteiger partial charge in [0.25, 0.3) is 0 Å². The summed E-state index contributed by atoms with van der Waals surface area (Å²) in [6.45, 7) is 5.11. The minimum atomic E-state index is -1.17. The van der Waals surface area contributed by atoms with Crippen LogP contribution in [0.15, 0.2) is 18.2 Å². The van der Waals surface area contributed by atoms with E-state index in [1.165, 1.54) is 19.1 Å². The Morgan fingerprint density at radius 2 is 1.90 bits per heavy atom. The Morgan fingerprint density at radius 3 is 2.43 bits per heavy atom. The number of anilines is 2. The number of carboxylic acid groups (broad SMARTS) is 1. The first-order valence-corrected chi connectivity index (χ1v) is 6.81. The molecule has 0 saturated heterocycles. The van der Waals surface area contributed by atoms with E-state index in [1.807, 2.05) is 6.92 Å². The SMILES string of the molecule is CCCC(C)C(=O)Nc1ccc(NC(C)=O)cc1C(=O)O. The third-order valence-corrected chi connectivity index (χ3v) is 3.00. The van der Waals surface area contributed by atoms with Gasteiger partial charge in [-0.1, -0.05) is 20.3 Å². The van der Waals surface area contributed by atoms with Crippen molar-refractivity contribution in [1.29, 1.82) is 0 Å². The van der Waals surface area contributed by atoms with E-state index in [4.69, 9.17) is 0 Å². The molecule has 21 heavy (non-hydrogen) atoms. The number of rotatable bonds is 6. The van der Waals surface area contributed by atoms with Crippen LogP contribution in [0.25, 0.3) is 0 Å². The molecule has 6 heteroatoms. The number of carboxylic acids is 1. The number of aromatic carboxylic acids is 1. The Bertz CT molecular complexity index is 555. The summed E-state index contributed by atoms with van der Waals surface area (Å²) < 4.78 is 0. The van der Waals surface area contributed by atoms with Crippen LogP contribution < -0.4 is 10.6 Å². The van der Waals surface area contributed by atoms with Crippen molar-refractivity contribution in [3.8, 4) is 0 Å². The second kappa shape index (κ2) is 7.42. The summed E-state index contributed by atoms with van der Waals surface area (Å²) in [5, 5.41) is 14.3. The van der Waals surface area contributed by atoms with E-state index in [0.717, 1.165) is 12.8 Å². The minimum absolute atomic E-state index is 0.0571. The van der Waals surface area contributed by atoms with Crippen molar-refractivity contribution in [2.75, 3.05) is 10.6 Å². The fourth-order valence-corrected chi connectivity index (χ4v) is 1.93. The molecule has 0 spiro atoms. The van der Waals surface area contributed by atoms with Crippen molar-refractivity contribution in [3.05, 3.63) is 23.8 Å². The van der Waals surface area contributed by atoms with E-state index < -0.39 is 5.97 Å². The van der Waals surface area contributed by atoms with Gasteiger partial charge in [0.2, 0.25) is 11.8 Å². The van der Waals surface area contributed by atoms with Gasteiger partial charge in [-0.3, -0.25) is 9.59 Å². The van der Waals surface area contributed by atoms with E-state index in [1.54, 1.807) is 13.0 Å². The predicted octanol–water partition coefficient (Wildman–Crippen LogP) is 2.72. The average molecular weight is 292 g/mol. The molecule has 3 N–H and O–H groups in total. The predicted molar refractivity (Wildman–Crippen MR) is 80.4 cm³/mol. The molecular formula is C15H20N2O4. The molecule has 1 rings (SSSR count). The zero-order chi connectivity index (χ0) is 16.0. The van der Waals surface area contributed by atoms with Gasteiger partial charge in [-0.15, -0.1) is 0 Å². The van der Waals surface area contributed by atoms with Crippen molar-refractivity contribution in [1.82, 2.24) is 0 Å². The molecular weight excluding hydrogens is 272 g/mol. The topological polar surface area (TPSA) is 95.5 Å². The number of benzene rings is 1. The molecule has 0 aliphatic carbocycles. The Kier molecular flexibility index (Phi) is 5.90. The van der Waals surface area contributed by atoms with Gasteiger partial charge in [0, 0.05) is 18.5 Å². The maximum atomic E-state index is 12.0. The largest absolute Gasteiger partial charge is 0.478 e. The lowest BCUT2D eigenvalue weighted by Crippen LogP contribution is -2.21. The zero-order valence-corrected chi connectivity index (χ0v) is 12.4. The molecule has 0 aliphatic rings. The summed E-state index contributed by atoms with van der Waals surface area (Å²) in [5.74, 6) is -1.86. The summed E-state index contributed by atoms with van der Waals surface area (Å²) in [6, 6.07) is 4.35. The zero-order valence-electron chi connectivity index (χ0n) is 12.4. The standard InChI is InChI=1S/C15H20N2O4/c1-4-5-9(2)14(19)17-13-7-6-11(16-10(3)18)8-12(13)15(20)21/h6-9H,4-5H2,1-3H3,(H,16,18)(H,17,19)(H,20,21). The summed E-state index contributed by atoms with van der Waals surface area (Å²) in [6.07, 6.45) is 1.61. The van der Waals surface area contributed by atoms with Crippen molar-refractivity contribution < 1.29 is 19.5 Å². The van der Waals surface area contributed by atoms with Crippen LogP contribution in [0.2, 0.25) is 0 Å². The Morgan fingerprint density at radius 1 is 1.24 bits per heavy atom. The van der Waals surface area contributed by atoms with Crippen LogP contribution in [0, 0.1) is 5.92 Å². The van der Waals surface area contributed by atoms with Gasteiger partial charge in [0.05, 0.1) is 11.3 Å². The molecule has 0 fully saturated rings. The lowest BCUT2D eigenvalue weighted by atomic mass is 10.0. The number of carbonyl (C=O) groups excluding carboxylic acids is 2. The van der Waals surface area contributed by atoms with Gasteiger partial charge in [-0.2, -0.15) is 0 Å². The van der Waals surface area contributed by atoms with Gasteiger partial charge < -0.3 is 15.7 Å². The van der Waals surface area contributed by atoms with Crippen molar-refractivity contribution in [2.45, 2.75) is 33.6 Å². The summed E-state index contributed by atoms with van der Waals surface area (Å²) in [5.41, 5.74) is 0.544. The fraction of sp³-hybridized carbons (Fsp3) is 0.400. The summed E-state index contributed by atoms with van der Waals surface area (Å²) in [7, 11) is 0. The van der Waals surface area contributed by atoms with Crippen LogP contribution >= 0.6 is 0 Å². The highest BCUT2D eigenvalue weighted by Gasteiger charge is 2.17. The van der Waals surface area contributed by atoms with Crippen molar-refractivity contribution >= 4 is 29.2 Å². The van der Waals surface area contributed by atoms with Crippen LogP contribution in [0.1, 0.15) is 44.0 Å². The van der Waals surface area contributed by atoms with Gasteiger partial charge in [-0.25, -0.2) is 4.79 Å². The average Bonchev–Trinajstić information content (AvgIpc) is 2.39. The normalized spacial score (nSPS) is 11.6. The van der Waals surface area contributed by atoms with Crippen LogP contribution in [0.3, 0.4) is 0 Å². The third kappa shape index (κ3) is 4.91. The highest BCUT2D eigenvalue weighted by Crippen LogP contribution is 2.22. The fourth-order valence-electron chi connectivity index (χ4n) is 1.93. The van der Waals surface area contributed by atoms with Crippen LogP contribution in [0.4, 0.5) is 11.4 Å². The second-order valence-corrected chi connectivity index (χ2v) is 4.93. The molecule has 0 aromatic heterocycles. The Balaban J connectivity index is 2.99. The number of hydrogen-bond acceptors (Lipinski definition) is 3. The second-order valence-electron chi connectivity index (χ2n) is 4.93. The van der Waals surface area contributed by atoms with E-state index in [9.17, 15) is 19.5 Å². The van der Waals surface area contributed by atoms with E-state index >= 15 is 0 Å². The molecule has 0 radical (unpaired) electrons. The molecule has 0 heterocycles. The molecule has 6 nitrogen and oxygen atoms in total. The van der Waals surface area contributed by atoms with E-state index in [0.29, 0.717) is 5.69 Å². The smallest absolute Gasteiger partial charge is 0.337 e. The van der Waals surface area contributed by atoms with Gasteiger partial charge in [-0.05, 0) is 24.6 Å². The first kappa shape index (κ1) is 16.7. The van der Waals surface area contributed by atoms with Crippen molar-refractivity contribution in [3.63, 3.8) is 0 Å². The Hall–Kier alpha value is -2.37. The van der Waals surface area contributed by atoms with E-state index in [-0.39, 0.29) is 29.0 Å². The molecule has 1 unspecified atom stereocenters. The maximum Gasteiger partial charge on any atom is 0.337 e. The molecule has 1 aromatic carbocycles. The Labute approximate surface area is 123 Å². The lowest BCUT2D eigenvalue weighted by Gasteiger charge is -2.14. The molecule has 1 aromatic rings. The van der Waals surface area contributed by atoms with Gasteiger partial charge >= 0.3 is 5.97 Å². The van der Waals surface area contributed by atoms with Gasteiger partial charge in [0.15, 0.2) is 0 Å². The quantitative estimate of drug-likeness (QED) is 0.751. The number of carbonyl (C=O) groups is 3. The molecule has 2 amide bonds. The van der Waals surface area contributed by atoms with Crippen LogP contribution in [0.5, 0.6) is 0 Å². The number of amides is 2. The highest BCUT2D eigenvalue weighted by atomic mass is 16.4. The monoisotopic (exact) mass is 292 g/mol. The van der Waals surface area contributed by atoms with Crippen LogP contribution in [-0.4, -0.2) is 22.9 Å². The van der Waals surface area contributed by atoms with Crippen LogP contribution in [-0.2, 0) is 9.59 Å². The van der Waals surface area contributed by atoms with Crippen molar-refractivity contribution in [2.24, 2.45) is 5.92 Å². The molecule has 1 atom stereocenters. The first-order valence-electron chi connectivity index (χ1n) is 6.81. The summed E-state index contributed by atoms with van der Waals surface area (Å²) >= 11 is 0. The van der Waals surface area contributed by atoms with Gasteiger partial charge in [0.1, 0.15) is 0 Å². The molecule has 0 saturated carbocycles. The molecule has 0 aliphatic heterocycles. The van der Waals surface area contributed by atoms with E-state index in [2.05, 4.69) is 10.6 Å². The highest BCUT2D eigenvalue weighted by molar-refractivity contribution is 6.02. The molecule has 114 valence electrons. The lowest BCUT2D eigenvalue weighted by molar-refractivity contribution is -0.119. The number of hydrogen-bond donors (Lipinski definition) is 3. The minimum Gasteiger partial charge on any atom is -0.478 e. The number of nitrogens with one attached hydrogen (secondary N) is 2. The third-order valence-electron chi connectivity index (χ3n) is 3.00. The first-order chi connectivity index (χ1) is 9.85.